The van der Waals surface area contributed by atoms with Crippen LogP contribution >= 0.6 is 0 Å². The van der Waals surface area contributed by atoms with Gasteiger partial charge < -0.3 is 14.2 Å². The maximum Gasteiger partial charge on any atom is 0.226 e. The van der Waals surface area contributed by atoms with Gasteiger partial charge in [-0.05, 0) is 62.2 Å². The summed E-state index contributed by atoms with van der Waals surface area (Å²) in [6, 6.07) is 23.5. The third-order valence-corrected chi connectivity index (χ3v) is 4.52. The summed E-state index contributed by atoms with van der Waals surface area (Å²) >= 11 is 0. The molecule has 0 aliphatic heterocycles. The summed E-state index contributed by atoms with van der Waals surface area (Å²) in [5.41, 5.74) is 3.96. The molecular weight excluding hydrogens is 374 g/mol. The Morgan fingerprint density at radius 2 is 1.60 bits per heavy atom. The molecule has 0 saturated heterocycles. The van der Waals surface area contributed by atoms with Crippen molar-refractivity contribution >= 4 is 11.6 Å². The van der Waals surface area contributed by atoms with Crippen LogP contribution in [0.4, 0.5) is 5.69 Å². The van der Waals surface area contributed by atoms with Gasteiger partial charge in [-0.3, -0.25) is 0 Å². The van der Waals surface area contributed by atoms with E-state index >= 15 is 0 Å². The van der Waals surface area contributed by atoms with Crippen LogP contribution in [-0.2, 0) is 0 Å². The second-order valence-electron chi connectivity index (χ2n) is 6.94. The van der Waals surface area contributed by atoms with Crippen molar-refractivity contribution in [1.82, 2.24) is 0 Å². The van der Waals surface area contributed by atoms with Gasteiger partial charge in [0.1, 0.15) is 5.75 Å². The molecule has 3 aromatic carbocycles. The molecule has 0 N–H and O–H groups in total. The molecule has 0 unspecified atom stereocenters. The summed E-state index contributed by atoms with van der Waals surface area (Å²) in [6.45, 7) is 6.13. The van der Waals surface area contributed by atoms with E-state index in [4.69, 9.17) is 19.2 Å². The Labute approximate surface area is 178 Å². The maximum absolute atomic E-state index is 6.20. The minimum atomic E-state index is 0.502. The van der Waals surface area contributed by atoms with Gasteiger partial charge in [-0.15, -0.1) is 0 Å². The van der Waals surface area contributed by atoms with E-state index in [1.165, 1.54) is 5.56 Å². The lowest BCUT2D eigenvalue weighted by Crippen LogP contribution is -2.12. The highest BCUT2D eigenvalue weighted by Gasteiger charge is 2.12. The van der Waals surface area contributed by atoms with Crippen molar-refractivity contribution in [2.45, 2.75) is 27.2 Å². The molecule has 3 aromatic rings. The Morgan fingerprint density at radius 1 is 0.867 bits per heavy atom. The Bertz CT molecular complexity index is 1040. The molecule has 0 radical (unpaired) electrons. The number of para-hydroxylation sites is 2. The van der Waals surface area contributed by atoms with Crippen LogP contribution in [0.3, 0.4) is 0 Å². The van der Waals surface area contributed by atoms with Gasteiger partial charge in [-0.1, -0.05) is 48.9 Å². The number of aryl methyl sites for hydroxylation is 2. The first-order valence-corrected chi connectivity index (χ1v) is 9.98. The van der Waals surface area contributed by atoms with Crippen LogP contribution in [0.1, 0.15) is 24.5 Å². The van der Waals surface area contributed by atoms with Gasteiger partial charge in [0.05, 0.1) is 19.1 Å². The van der Waals surface area contributed by atoms with E-state index in [2.05, 4.69) is 6.92 Å². The zero-order valence-corrected chi connectivity index (χ0v) is 17.9. The van der Waals surface area contributed by atoms with Crippen LogP contribution in [0.15, 0.2) is 89.6 Å². The van der Waals surface area contributed by atoms with Crippen molar-refractivity contribution in [3.63, 3.8) is 0 Å². The van der Waals surface area contributed by atoms with E-state index in [1.54, 1.807) is 13.4 Å². The van der Waals surface area contributed by atoms with Crippen molar-refractivity contribution in [3.05, 3.63) is 95.8 Å². The molecule has 0 fully saturated rings. The van der Waals surface area contributed by atoms with Crippen LogP contribution in [0, 0.1) is 13.8 Å². The lowest BCUT2D eigenvalue weighted by atomic mass is 10.2. The number of benzene rings is 3. The number of ether oxygens (including phenoxy) is 3. The Balaban J connectivity index is 1.96. The van der Waals surface area contributed by atoms with Gasteiger partial charge in [0, 0.05) is 5.57 Å². The summed E-state index contributed by atoms with van der Waals surface area (Å²) in [6.07, 6.45) is 2.37. The Kier molecular flexibility index (Phi) is 7.28. The van der Waals surface area contributed by atoms with E-state index in [9.17, 15) is 0 Å². The molecule has 0 amide bonds. The van der Waals surface area contributed by atoms with Gasteiger partial charge in [0.15, 0.2) is 11.5 Å². The predicted octanol–water partition coefficient (Wildman–Crippen LogP) is 6.79. The van der Waals surface area contributed by atoms with E-state index in [1.807, 2.05) is 86.6 Å². The highest BCUT2D eigenvalue weighted by atomic mass is 16.5. The molecule has 0 heterocycles. The van der Waals surface area contributed by atoms with Crippen LogP contribution in [-0.4, -0.2) is 13.0 Å². The lowest BCUT2D eigenvalue weighted by molar-refractivity contribution is 0.376. The molecule has 0 aliphatic rings. The third kappa shape index (κ3) is 5.74. The number of aliphatic imine (C=N–C) groups is 1. The SMILES string of the molecule is CC/C(=C\Oc1ccccc1OC)C(=Nc1ccc(C)cc1)Oc1cccc(C)c1. The zero-order valence-electron chi connectivity index (χ0n) is 17.9. The molecule has 3 rings (SSSR count). The highest BCUT2D eigenvalue weighted by molar-refractivity contribution is 5.96. The van der Waals surface area contributed by atoms with Crippen LogP contribution in [0.2, 0.25) is 0 Å². The summed E-state index contributed by atoms with van der Waals surface area (Å²) in [5, 5.41) is 0. The van der Waals surface area contributed by atoms with Gasteiger partial charge in [-0.25, -0.2) is 4.99 Å². The molecule has 0 bridgehead atoms. The molecule has 0 saturated carbocycles. The van der Waals surface area contributed by atoms with E-state index in [0.29, 0.717) is 23.8 Å². The molecule has 0 atom stereocenters. The molecule has 30 heavy (non-hydrogen) atoms. The van der Waals surface area contributed by atoms with Crippen molar-refractivity contribution in [2.75, 3.05) is 7.11 Å². The second-order valence-corrected chi connectivity index (χ2v) is 6.94. The van der Waals surface area contributed by atoms with Gasteiger partial charge >= 0.3 is 0 Å². The van der Waals surface area contributed by atoms with Crippen LogP contribution < -0.4 is 14.2 Å². The summed E-state index contributed by atoms with van der Waals surface area (Å²) in [4.78, 5) is 4.77. The topological polar surface area (TPSA) is 40.0 Å². The molecule has 0 aromatic heterocycles. The van der Waals surface area contributed by atoms with Crippen molar-refractivity contribution in [2.24, 2.45) is 4.99 Å². The van der Waals surface area contributed by atoms with Crippen LogP contribution in [0.25, 0.3) is 0 Å². The monoisotopic (exact) mass is 401 g/mol. The van der Waals surface area contributed by atoms with Crippen molar-refractivity contribution in [3.8, 4) is 17.2 Å². The maximum atomic E-state index is 6.20. The standard InChI is InChI=1S/C26H27NO3/c1-5-21(18-29-25-12-7-6-11-24(25)28-4)26(27-22-15-13-19(2)14-16-22)30-23-10-8-9-20(3)17-23/h6-18H,5H2,1-4H3/b21-18+,27-26?. The molecule has 4 heteroatoms. The average molecular weight is 402 g/mol. The first kappa shape index (κ1) is 21.2. The Morgan fingerprint density at radius 3 is 2.27 bits per heavy atom. The van der Waals surface area contributed by atoms with E-state index in [0.717, 1.165) is 22.6 Å². The number of methoxy groups -OCH3 is 1. The lowest BCUT2D eigenvalue weighted by Gasteiger charge is -2.13. The quantitative estimate of drug-likeness (QED) is 0.248. The minimum absolute atomic E-state index is 0.502. The molecule has 154 valence electrons. The minimum Gasteiger partial charge on any atom is -0.493 e. The number of hydrogen-bond donors (Lipinski definition) is 0. The number of rotatable bonds is 7. The van der Waals surface area contributed by atoms with Crippen molar-refractivity contribution in [1.29, 1.82) is 0 Å². The Hall–Kier alpha value is -3.53. The van der Waals surface area contributed by atoms with E-state index in [-0.39, 0.29) is 0 Å². The van der Waals surface area contributed by atoms with Gasteiger partial charge in [-0.2, -0.15) is 0 Å². The van der Waals surface area contributed by atoms with Gasteiger partial charge in [0.25, 0.3) is 0 Å². The first-order valence-electron chi connectivity index (χ1n) is 9.98. The normalized spacial score (nSPS) is 11.9. The fraction of sp³-hybridized carbons (Fsp3) is 0.192. The summed E-state index contributed by atoms with van der Waals surface area (Å²) in [5.74, 6) is 2.54. The van der Waals surface area contributed by atoms with E-state index < -0.39 is 0 Å². The molecule has 0 spiro atoms. The molecular formula is C26H27NO3. The second kappa shape index (κ2) is 10.3. The van der Waals surface area contributed by atoms with Crippen LogP contribution in [0.5, 0.6) is 17.2 Å². The predicted molar refractivity (Wildman–Crippen MR) is 122 cm³/mol. The third-order valence-electron chi connectivity index (χ3n) is 4.52. The highest BCUT2D eigenvalue weighted by Crippen LogP contribution is 2.27. The summed E-state index contributed by atoms with van der Waals surface area (Å²) < 4.78 is 17.5. The largest absolute Gasteiger partial charge is 0.493 e. The molecule has 4 nitrogen and oxygen atoms in total. The van der Waals surface area contributed by atoms with Crippen molar-refractivity contribution < 1.29 is 14.2 Å². The average Bonchev–Trinajstić information content (AvgIpc) is 2.76. The fourth-order valence-electron chi connectivity index (χ4n) is 2.82. The number of nitrogens with zero attached hydrogens (tertiary/aromatic N) is 1. The number of hydrogen-bond acceptors (Lipinski definition) is 4. The van der Waals surface area contributed by atoms with Gasteiger partial charge in [0.2, 0.25) is 5.90 Å². The first-order chi connectivity index (χ1) is 14.6. The zero-order chi connectivity index (χ0) is 21.3. The molecule has 0 aliphatic carbocycles. The summed E-state index contributed by atoms with van der Waals surface area (Å²) in [7, 11) is 1.62. The smallest absolute Gasteiger partial charge is 0.226 e. The fourth-order valence-corrected chi connectivity index (χ4v) is 2.82.